The van der Waals surface area contributed by atoms with Crippen molar-refractivity contribution in [1.82, 2.24) is 20.5 Å². The van der Waals surface area contributed by atoms with Gasteiger partial charge >= 0.3 is 0 Å². The van der Waals surface area contributed by atoms with Gasteiger partial charge in [0.1, 0.15) is 5.82 Å². The van der Waals surface area contributed by atoms with Crippen molar-refractivity contribution >= 4 is 0 Å². The number of hydrogen-bond acceptors (Lipinski definition) is 3. The minimum atomic E-state index is 0.785. The molecule has 4 heteroatoms. The highest BCUT2D eigenvalue weighted by Crippen LogP contribution is 2.28. The largest absolute Gasteiger partial charge is 0.309 e. The van der Waals surface area contributed by atoms with Gasteiger partial charge in [-0.3, -0.25) is 5.10 Å². The monoisotopic (exact) mass is 222 g/mol. The molecule has 2 N–H and O–H groups in total. The van der Waals surface area contributed by atoms with Crippen molar-refractivity contribution in [2.24, 2.45) is 11.8 Å². The van der Waals surface area contributed by atoms with Crippen LogP contribution in [0, 0.1) is 18.8 Å². The van der Waals surface area contributed by atoms with E-state index in [1.165, 1.54) is 25.7 Å². The molecule has 1 aromatic heterocycles. The van der Waals surface area contributed by atoms with Crippen LogP contribution in [0.4, 0.5) is 0 Å². The minimum absolute atomic E-state index is 0.785. The summed E-state index contributed by atoms with van der Waals surface area (Å²) in [5.41, 5.74) is 0. The quantitative estimate of drug-likeness (QED) is 0.819. The van der Waals surface area contributed by atoms with E-state index in [1.54, 1.807) is 0 Å². The number of H-pyrrole nitrogens is 1. The Kier molecular flexibility index (Phi) is 3.93. The summed E-state index contributed by atoms with van der Waals surface area (Å²) < 4.78 is 0. The Labute approximate surface area is 97.2 Å². The molecule has 1 aromatic rings. The molecule has 1 saturated carbocycles. The molecule has 4 nitrogen and oxygen atoms in total. The number of hydrogen-bond donors (Lipinski definition) is 2. The highest BCUT2D eigenvalue weighted by atomic mass is 15.2. The van der Waals surface area contributed by atoms with Crippen molar-refractivity contribution < 1.29 is 0 Å². The Balaban J connectivity index is 1.71. The molecule has 0 radical (unpaired) electrons. The van der Waals surface area contributed by atoms with Crippen molar-refractivity contribution in [3.63, 3.8) is 0 Å². The summed E-state index contributed by atoms with van der Waals surface area (Å²) in [6.07, 6.45) is 5.58. The Morgan fingerprint density at radius 3 is 2.88 bits per heavy atom. The van der Waals surface area contributed by atoms with Gasteiger partial charge in [-0.1, -0.05) is 26.2 Å². The molecule has 2 atom stereocenters. The summed E-state index contributed by atoms with van der Waals surface area (Å²) in [5, 5.41) is 10.5. The maximum atomic E-state index is 4.28. The number of nitrogens with one attached hydrogen (secondary N) is 2. The van der Waals surface area contributed by atoms with Gasteiger partial charge in [0.25, 0.3) is 0 Å². The fourth-order valence-corrected chi connectivity index (χ4v) is 2.53. The van der Waals surface area contributed by atoms with E-state index in [0.717, 1.165) is 36.6 Å². The van der Waals surface area contributed by atoms with Crippen LogP contribution in [0.15, 0.2) is 0 Å². The third-order valence-electron chi connectivity index (χ3n) is 3.62. The molecule has 2 rings (SSSR count). The van der Waals surface area contributed by atoms with Crippen molar-refractivity contribution in [2.75, 3.05) is 6.54 Å². The summed E-state index contributed by atoms with van der Waals surface area (Å²) in [6.45, 7) is 6.20. The molecule has 1 heterocycles. The highest BCUT2D eigenvalue weighted by Gasteiger charge is 2.20. The number of aromatic nitrogens is 3. The van der Waals surface area contributed by atoms with E-state index in [1.807, 2.05) is 6.92 Å². The third-order valence-corrected chi connectivity index (χ3v) is 3.62. The zero-order chi connectivity index (χ0) is 11.4. The lowest BCUT2D eigenvalue weighted by Gasteiger charge is -2.28. The zero-order valence-electron chi connectivity index (χ0n) is 10.3. The number of nitrogens with zero attached hydrogens (tertiary/aromatic N) is 2. The average molecular weight is 222 g/mol. The van der Waals surface area contributed by atoms with Crippen LogP contribution in [0.3, 0.4) is 0 Å². The molecule has 16 heavy (non-hydrogen) atoms. The van der Waals surface area contributed by atoms with E-state index >= 15 is 0 Å². The Hall–Kier alpha value is -0.900. The van der Waals surface area contributed by atoms with Crippen LogP contribution < -0.4 is 5.32 Å². The Morgan fingerprint density at radius 2 is 2.19 bits per heavy atom. The first-order valence-electron chi connectivity index (χ1n) is 6.34. The molecule has 0 spiro atoms. The molecule has 0 amide bonds. The predicted molar refractivity (Wildman–Crippen MR) is 63.9 cm³/mol. The summed E-state index contributed by atoms with van der Waals surface area (Å²) >= 11 is 0. The zero-order valence-corrected chi connectivity index (χ0v) is 10.3. The van der Waals surface area contributed by atoms with Gasteiger partial charge in [0, 0.05) is 0 Å². The fourth-order valence-electron chi connectivity index (χ4n) is 2.53. The first-order chi connectivity index (χ1) is 7.75. The van der Waals surface area contributed by atoms with Gasteiger partial charge in [0.15, 0.2) is 5.82 Å². The van der Waals surface area contributed by atoms with E-state index in [9.17, 15) is 0 Å². The van der Waals surface area contributed by atoms with Crippen LogP contribution in [0.5, 0.6) is 0 Å². The third kappa shape index (κ3) is 3.04. The van der Waals surface area contributed by atoms with Crippen LogP contribution in [0.1, 0.15) is 44.3 Å². The number of rotatable bonds is 4. The molecular weight excluding hydrogens is 200 g/mol. The topological polar surface area (TPSA) is 53.6 Å². The molecule has 2 unspecified atom stereocenters. The molecular formula is C12H22N4. The molecule has 0 bridgehead atoms. The van der Waals surface area contributed by atoms with Crippen LogP contribution >= 0.6 is 0 Å². The molecule has 0 saturated heterocycles. The van der Waals surface area contributed by atoms with Gasteiger partial charge in [-0.15, -0.1) is 0 Å². The van der Waals surface area contributed by atoms with Crippen LogP contribution in [-0.4, -0.2) is 21.7 Å². The van der Waals surface area contributed by atoms with Gasteiger partial charge in [0.05, 0.1) is 6.54 Å². The lowest BCUT2D eigenvalue weighted by molar-refractivity contribution is 0.247. The standard InChI is InChI=1S/C12H22N4/c1-9-5-3-4-6-11(9)7-13-8-12-14-10(2)15-16-12/h9,11,13H,3-8H2,1-2H3,(H,14,15,16). The van der Waals surface area contributed by atoms with Crippen LogP contribution in [0.2, 0.25) is 0 Å². The fraction of sp³-hybridized carbons (Fsp3) is 0.833. The Bertz CT molecular complexity index is 321. The van der Waals surface area contributed by atoms with Crippen molar-refractivity contribution in [2.45, 2.75) is 46.1 Å². The molecule has 0 aliphatic heterocycles. The molecule has 0 aromatic carbocycles. The lowest BCUT2D eigenvalue weighted by Crippen LogP contribution is -2.29. The highest BCUT2D eigenvalue weighted by molar-refractivity contribution is 4.87. The minimum Gasteiger partial charge on any atom is -0.309 e. The van der Waals surface area contributed by atoms with Crippen molar-refractivity contribution in [3.05, 3.63) is 11.6 Å². The van der Waals surface area contributed by atoms with Gasteiger partial charge < -0.3 is 5.32 Å². The van der Waals surface area contributed by atoms with Crippen LogP contribution in [0.25, 0.3) is 0 Å². The van der Waals surface area contributed by atoms with E-state index in [-0.39, 0.29) is 0 Å². The van der Waals surface area contributed by atoms with Gasteiger partial charge in [-0.25, -0.2) is 4.98 Å². The van der Waals surface area contributed by atoms with E-state index < -0.39 is 0 Å². The molecule has 1 aliphatic carbocycles. The molecule has 1 aliphatic rings. The Morgan fingerprint density at radius 1 is 1.38 bits per heavy atom. The second-order valence-corrected chi connectivity index (χ2v) is 4.99. The summed E-state index contributed by atoms with van der Waals surface area (Å²) in [4.78, 5) is 4.28. The van der Waals surface area contributed by atoms with Gasteiger partial charge in [-0.05, 0) is 31.7 Å². The maximum Gasteiger partial charge on any atom is 0.164 e. The second-order valence-electron chi connectivity index (χ2n) is 4.99. The van der Waals surface area contributed by atoms with Gasteiger partial charge in [-0.2, -0.15) is 5.10 Å². The number of aromatic amines is 1. The molecule has 90 valence electrons. The average Bonchev–Trinajstić information content (AvgIpc) is 2.67. The SMILES string of the molecule is Cc1nc(CNCC2CCCCC2C)n[nH]1. The normalized spacial score (nSPS) is 25.9. The summed E-state index contributed by atoms with van der Waals surface area (Å²) in [5.74, 6) is 3.48. The van der Waals surface area contributed by atoms with Crippen molar-refractivity contribution in [3.8, 4) is 0 Å². The first-order valence-corrected chi connectivity index (χ1v) is 6.34. The smallest absolute Gasteiger partial charge is 0.164 e. The van der Waals surface area contributed by atoms with Crippen LogP contribution in [-0.2, 0) is 6.54 Å². The van der Waals surface area contributed by atoms with Crippen molar-refractivity contribution in [1.29, 1.82) is 0 Å². The van der Waals surface area contributed by atoms with E-state index in [4.69, 9.17) is 0 Å². The van der Waals surface area contributed by atoms with Gasteiger partial charge in [0.2, 0.25) is 0 Å². The first kappa shape index (κ1) is 11.6. The second kappa shape index (κ2) is 5.43. The summed E-state index contributed by atoms with van der Waals surface area (Å²) in [7, 11) is 0. The molecule has 1 fully saturated rings. The van der Waals surface area contributed by atoms with E-state index in [0.29, 0.717) is 0 Å². The lowest BCUT2D eigenvalue weighted by atomic mass is 9.80. The summed E-state index contributed by atoms with van der Waals surface area (Å²) in [6, 6.07) is 0. The predicted octanol–water partition coefficient (Wildman–Crippen LogP) is 2.03. The van der Waals surface area contributed by atoms with E-state index in [2.05, 4.69) is 27.4 Å². The maximum absolute atomic E-state index is 4.28. The number of aryl methyl sites for hydroxylation is 1.